The summed E-state index contributed by atoms with van der Waals surface area (Å²) in [6.45, 7) is 4.42. The van der Waals surface area contributed by atoms with Crippen LogP contribution in [-0.2, 0) is 14.3 Å². The normalized spacial score (nSPS) is 21.7. The average Bonchev–Trinajstić information content (AvgIpc) is 2.27. The molecule has 1 atom stereocenters. The summed E-state index contributed by atoms with van der Waals surface area (Å²) in [5.41, 5.74) is 0. The summed E-state index contributed by atoms with van der Waals surface area (Å²) < 4.78 is 10.4. The van der Waals surface area contributed by atoms with Crippen molar-refractivity contribution in [2.75, 3.05) is 33.4 Å². The third-order valence-electron chi connectivity index (χ3n) is 2.64. The van der Waals surface area contributed by atoms with E-state index in [1.165, 1.54) is 6.42 Å². The molecule has 1 fully saturated rings. The summed E-state index contributed by atoms with van der Waals surface area (Å²) in [4.78, 5) is 13.4. The predicted molar refractivity (Wildman–Crippen MR) is 57.7 cm³/mol. The van der Waals surface area contributed by atoms with Crippen LogP contribution in [0.3, 0.4) is 0 Å². The van der Waals surface area contributed by atoms with E-state index in [0.29, 0.717) is 13.2 Å². The van der Waals surface area contributed by atoms with Gasteiger partial charge < -0.3 is 14.4 Å². The first kappa shape index (κ1) is 12.5. The van der Waals surface area contributed by atoms with Crippen LogP contribution in [0.4, 0.5) is 0 Å². The summed E-state index contributed by atoms with van der Waals surface area (Å²) in [7, 11) is 1.55. The minimum atomic E-state index is 0.0716. The molecule has 0 aromatic rings. The maximum Gasteiger partial charge on any atom is 0.248 e. The smallest absolute Gasteiger partial charge is 0.248 e. The second-order valence-corrected chi connectivity index (χ2v) is 3.91. The quantitative estimate of drug-likeness (QED) is 0.688. The van der Waals surface area contributed by atoms with Crippen LogP contribution < -0.4 is 0 Å². The van der Waals surface area contributed by atoms with Gasteiger partial charge >= 0.3 is 0 Å². The standard InChI is InChI=1S/C11H21NO3/c1-3-4-5-10-8-12(6-7-15-10)11(13)9-14-2/h10H,3-9H2,1-2H3/t10-/m1/s1. The van der Waals surface area contributed by atoms with E-state index in [4.69, 9.17) is 9.47 Å². The largest absolute Gasteiger partial charge is 0.375 e. The summed E-state index contributed by atoms with van der Waals surface area (Å²) in [5, 5.41) is 0. The molecule has 1 rings (SSSR count). The lowest BCUT2D eigenvalue weighted by atomic mass is 10.1. The van der Waals surface area contributed by atoms with Gasteiger partial charge in [0.05, 0.1) is 12.7 Å². The van der Waals surface area contributed by atoms with E-state index >= 15 is 0 Å². The SMILES string of the molecule is CCCC[C@@H]1CN(C(=O)COC)CCO1. The monoisotopic (exact) mass is 215 g/mol. The molecular formula is C11H21NO3. The highest BCUT2D eigenvalue weighted by Gasteiger charge is 2.23. The van der Waals surface area contributed by atoms with Crippen LogP contribution >= 0.6 is 0 Å². The molecule has 15 heavy (non-hydrogen) atoms. The fraction of sp³-hybridized carbons (Fsp3) is 0.909. The number of carbonyl (C=O) groups excluding carboxylic acids is 1. The lowest BCUT2D eigenvalue weighted by Crippen LogP contribution is -2.46. The molecular weight excluding hydrogens is 194 g/mol. The second kappa shape index (κ2) is 6.80. The molecule has 1 aliphatic rings. The Kier molecular flexibility index (Phi) is 5.65. The number of morpholine rings is 1. The average molecular weight is 215 g/mol. The number of nitrogens with zero attached hydrogens (tertiary/aromatic N) is 1. The molecule has 1 heterocycles. The lowest BCUT2D eigenvalue weighted by molar-refractivity contribution is -0.142. The van der Waals surface area contributed by atoms with Crippen LogP contribution in [0.15, 0.2) is 0 Å². The summed E-state index contributed by atoms with van der Waals surface area (Å²) in [6, 6.07) is 0. The number of carbonyl (C=O) groups is 1. The third kappa shape index (κ3) is 4.18. The zero-order valence-electron chi connectivity index (χ0n) is 9.70. The van der Waals surface area contributed by atoms with E-state index in [0.717, 1.165) is 19.4 Å². The Bertz CT molecular complexity index is 196. The second-order valence-electron chi connectivity index (χ2n) is 3.91. The molecule has 88 valence electrons. The van der Waals surface area contributed by atoms with Gasteiger partial charge in [0, 0.05) is 20.2 Å². The number of rotatable bonds is 5. The fourth-order valence-electron chi connectivity index (χ4n) is 1.77. The van der Waals surface area contributed by atoms with E-state index < -0.39 is 0 Å². The summed E-state index contributed by atoms with van der Waals surface area (Å²) in [5.74, 6) is 0.0716. The van der Waals surface area contributed by atoms with Crippen molar-refractivity contribution in [2.24, 2.45) is 0 Å². The van der Waals surface area contributed by atoms with Gasteiger partial charge in [-0.25, -0.2) is 0 Å². The summed E-state index contributed by atoms with van der Waals surface area (Å²) in [6.07, 6.45) is 3.61. The van der Waals surface area contributed by atoms with Crippen molar-refractivity contribution in [3.05, 3.63) is 0 Å². The van der Waals surface area contributed by atoms with Crippen LogP contribution in [0.1, 0.15) is 26.2 Å². The van der Waals surface area contributed by atoms with Gasteiger partial charge in [0.15, 0.2) is 0 Å². The highest BCUT2D eigenvalue weighted by atomic mass is 16.5. The maximum absolute atomic E-state index is 11.6. The molecule has 0 unspecified atom stereocenters. The topological polar surface area (TPSA) is 38.8 Å². The predicted octanol–water partition coefficient (Wildman–Crippen LogP) is 1.05. The first-order chi connectivity index (χ1) is 7.27. The molecule has 0 bridgehead atoms. The molecule has 4 nitrogen and oxygen atoms in total. The van der Waals surface area contributed by atoms with Crippen molar-refractivity contribution in [1.82, 2.24) is 4.90 Å². The van der Waals surface area contributed by atoms with Crippen LogP contribution in [-0.4, -0.2) is 50.3 Å². The van der Waals surface area contributed by atoms with Gasteiger partial charge in [-0.2, -0.15) is 0 Å². The summed E-state index contributed by atoms with van der Waals surface area (Å²) >= 11 is 0. The lowest BCUT2D eigenvalue weighted by Gasteiger charge is -2.32. The van der Waals surface area contributed by atoms with E-state index in [9.17, 15) is 4.79 Å². The molecule has 0 aromatic heterocycles. The zero-order valence-corrected chi connectivity index (χ0v) is 9.70. The Labute approximate surface area is 91.5 Å². The molecule has 4 heteroatoms. The number of unbranched alkanes of at least 4 members (excludes halogenated alkanes) is 1. The van der Waals surface area contributed by atoms with Gasteiger partial charge in [-0.1, -0.05) is 19.8 Å². The molecule has 0 saturated carbocycles. The van der Waals surface area contributed by atoms with Crippen molar-refractivity contribution in [2.45, 2.75) is 32.3 Å². The highest BCUT2D eigenvalue weighted by molar-refractivity contribution is 5.77. The minimum absolute atomic E-state index is 0.0716. The van der Waals surface area contributed by atoms with Gasteiger partial charge in [0.1, 0.15) is 6.61 Å². The third-order valence-corrected chi connectivity index (χ3v) is 2.64. The molecule has 0 radical (unpaired) electrons. The van der Waals surface area contributed by atoms with Gasteiger partial charge in [-0.05, 0) is 6.42 Å². The number of amides is 1. The first-order valence-corrected chi connectivity index (χ1v) is 5.66. The molecule has 0 aromatic carbocycles. The number of hydrogen-bond donors (Lipinski definition) is 0. The van der Waals surface area contributed by atoms with Gasteiger partial charge in [-0.3, -0.25) is 4.79 Å². The minimum Gasteiger partial charge on any atom is -0.375 e. The van der Waals surface area contributed by atoms with Gasteiger partial charge in [0.2, 0.25) is 5.91 Å². The van der Waals surface area contributed by atoms with Crippen LogP contribution in [0.25, 0.3) is 0 Å². The van der Waals surface area contributed by atoms with E-state index in [-0.39, 0.29) is 18.6 Å². The molecule has 1 amide bonds. The van der Waals surface area contributed by atoms with E-state index in [1.807, 2.05) is 4.90 Å². The number of ether oxygens (including phenoxy) is 2. The number of hydrogen-bond acceptors (Lipinski definition) is 3. The fourth-order valence-corrected chi connectivity index (χ4v) is 1.77. The Morgan fingerprint density at radius 1 is 1.60 bits per heavy atom. The molecule has 0 N–H and O–H groups in total. The zero-order chi connectivity index (χ0) is 11.1. The first-order valence-electron chi connectivity index (χ1n) is 5.66. The molecule has 1 aliphatic heterocycles. The van der Waals surface area contributed by atoms with Crippen molar-refractivity contribution >= 4 is 5.91 Å². The van der Waals surface area contributed by atoms with Crippen molar-refractivity contribution in [3.63, 3.8) is 0 Å². The van der Waals surface area contributed by atoms with E-state index in [2.05, 4.69) is 6.92 Å². The van der Waals surface area contributed by atoms with Crippen LogP contribution in [0.2, 0.25) is 0 Å². The molecule has 1 saturated heterocycles. The van der Waals surface area contributed by atoms with Crippen LogP contribution in [0, 0.1) is 0 Å². The Morgan fingerprint density at radius 3 is 3.07 bits per heavy atom. The Hall–Kier alpha value is -0.610. The van der Waals surface area contributed by atoms with Gasteiger partial charge in [0.25, 0.3) is 0 Å². The van der Waals surface area contributed by atoms with Crippen molar-refractivity contribution < 1.29 is 14.3 Å². The van der Waals surface area contributed by atoms with E-state index in [1.54, 1.807) is 7.11 Å². The molecule has 0 aliphatic carbocycles. The van der Waals surface area contributed by atoms with Crippen molar-refractivity contribution in [1.29, 1.82) is 0 Å². The maximum atomic E-state index is 11.6. The number of methoxy groups -OCH3 is 1. The van der Waals surface area contributed by atoms with Crippen LogP contribution in [0.5, 0.6) is 0 Å². The Morgan fingerprint density at radius 2 is 2.40 bits per heavy atom. The Balaban J connectivity index is 2.31. The molecule has 0 spiro atoms. The van der Waals surface area contributed by atoms with Crippen molar-refractivity contribution in [3.8, 4) is 0 Å². The highest BCUT2D eigenvalue weighted by Crippen LogP contribution is 2.11. The van der Waals surface area contributed by atoms with Gasteiger partial charge in [-0.15, -0.1) is 0 Å².